The molecule has 10 nitrogen and oxygen atoms in total. The molecule has 1 amide bonds. The maximum atomic E-state index is 12.6. The number of piperidine rings is 1. The molecule has 2 aromatic heterocycles. The lowest BCUT2D eigenvalue weighted by Crippen LogP contribution is -2.44. The minimum absolute atomic E-state index is 0.0391. The first-order valence-electron chi connectivity index (χ1n) is 11.8. The highest BCUT2D eigenvalue weighted by molar-refractivity contribution is 7.90. The summed E-state index contributed by atoms with van der Waals surface area (Å²) < 4.78 is 36.4. The van der Waals surface area contributed by atoms with Gasteiger partial charge < -0.3 is 29.2 Å². The van der Waals surface area contributed by atoms with Crippen LogP contribution in [0.3, 0.4) is 0 Å². The Labute approximate surface area is 210 Å². The van der Waals surface area contributed by atoms with Gasteiger partial charge in [0.05, 0.1) is 18.1 Å². The van der Waals surface area contributed by atoms with Gasteiger partial charge >= 0.3 is 0 Å². The van der Waals surface area contributed by atoms with E-state index in [0.29, 0.717) is 37.4 Å². The molecule has 11 heteroatoms. The van der Waals surface area contributed by atoms with E-state index >= 15 is 0 Å². The lowest BCUT2D eigenvalue weighted by Gasteiger charge is -2.33. The number of aromatic amines is 1. The Morgan fingerprint density at radius 1 is 1.17 bits per heavy atom. The summed E-state index contributed by atoms with van der Waals surface area (Å²) in [6.07, 6.45) is 6.09. The number of sulfone groups is 1. The summed E-state index contributed by atoms with van der Waals surface area (Å²) in [6.45, 7) is 2.07. The lowest BCUT2D eigenvalue weighted by atomic mass is 9.99. The van der Waals surface area contributed by atoms with Crippen LogP contribution in [0.2, 0.25) is 0 Å². The van der Waals surface area contributed by atoms with Gasteiger partial charge in [0, 0.05) is 74.1 Å². The molecule has 1 saturated heterocycles. The molecule has 1 aliphatic heterocycles. The van der Waals surface area contributed by atoms with Crippen molar-refractivity contribution in [3.8, 4) is 11.1 Å². The molecule has 3 heterocycles. The van der Waals surface area contributed by atoms with Crippen molar-refractivity contribution in [2.45, 2.75) is 23.8 Å². The van der Waals surface area contributed by atoms with Crippen molar-refractivity contribution in [3.63, 3.8) is 0 Å². The fourth-order valence-corrected chi connectivity index (χ4v) is 5.12. The number of methoxy groups -OCH3 is 1. The van der Waals surface area contributed by atoms with Crippen molar-refractivity contribution in [1.82, 2.24) is 14.5 Å². The van der Waals surface area contributed by atoms with Gasteiger partial charge in [-0.05, 0) is 37.1 Å². The molecular weight excluding hydrogens is 484 g/mol. The number of amides is 1. The fourth-order valence-electron chi connectivity index (χ4n) is 4.47. The van der Waals surface area contributed by atoms with Crippen LogP contribution in [-0.2, 0) is 31.2 Å². The van der Waals surface area contributed by atoms with Crippen LogP contribution < -0.4 is 10.9 Å². The van der Waals surface area contributed by atoms with E-state index in [9.17, 15) is 18.0 Å². The number of pyridine rings is 1. The second-order valence-corrected chi connectivity index (χ2v) is 11.1. The number of nitrogens with zero attached hydrogens (tertiary/aromatic N) is 2. The third-order valence-electron chi connectivity index (χ3n) is 6.47. The van der Waals surface area contributed by atoms with Gasteiger partial charge in [-0.3, -0.25) is 9.59 Å². The van der Waals surface area contributed by atoms with Gasteiger partial charge in [-0.15, -0.1) is 0 Å². The molecule has 1 fully saturated rings. The van der Waals surface area contributed by atoms with E-state index in [1.807, 2.05) is 6.07 Å². The van der Waals surface area contributed by atoms with Gasteiger partial charge in [-0.2, -0.15) is 0 Å². The van der Waals surface area contributed by atoms with Crippen molar-refractivity contribution in [2.75, 3.05) is 51.6 Å². The van der Waals surface area contributed by atoms with Gasteiger partial charge in [0.1, 0.15) is 12.1 Å². The van der Waals surface area contributed by atoms with E-state index in [4.69, 9.17) is 9.47 Å². The standard InChI is InChI=1S/C25H32N4O6S/c1-28-15-21(19-6-9-26-24(19)25(28)31)20-14-18(36(3,32)33)4-5-22(20)27-17-7-10-29(11-8-17)23(30)16-35-13-12-34-2/h4-6,9,14-15,17,26-27H,7-8,10-13,16H2,1-3H3. The first-order chi connectivity index (χ1) is 17.2. The number of hydrogen-bond donors (Lipinski definition) is 2. The summed E-state index contributed by atoms with van der Waals surface area (Å²) >= 11 is 0. The van der Waals surface area contributed by atoms with Crippen LogP contribution in [0.5, 0.6) is 0 Å². The minimum Gasteiger partial charge on any atom is -0.382 e. The zero-order valence-electron chi connectivity index (χ0n) is 20.7. The van der Waals surface area contributed by atoms with Gasteiger partial charge in [0.25, 0.3) is 5.56 Å². The third-order valence-corrected chi connectivity index (χ3v) is 7.58. The van der Waals surface area contributed by atoms with Crippen LogP contribution in [0.4, 0.5) is 5.69 Å². The first-order valence-corrected chi connectivity index (χ1v) is 13.7. The maximum Gasteiger partial charge on any atom is 0.274 e. The van der Waals surface area contributed by atoms with Gasteiger partial charge in [0.15, 0.2) is 9.84 Å². The molecule has 0 spiro atoms. The van der Waals surface area contributed by atoms with E-state index in [1.165, 1.54) is 10.8 Å². The van der Waals surface area contributed by atoms with Crippen LogP contribution >= 0.6 is 0 Å². The summed E-state index contributed by atoms with van der Waals surface area (Å²) in [4.78, 5) is 30.0. The predicted molar refractivity (Wildman–Crippen MR) is 138 cm³/mol. The molecular formula is C25H32N4O6S. The second kappa shape index (κ2) is 10.9. The number of rotatable bonds is 9. The van der Waals surface area contributed by atoms with E-state index in [-0.39, 0.29) is 29.0 Å². The number of likely N-dealkylation sites (tertiary alicyclic amines) is 1. The van der Waals surface area contributed by atoms with Crippen molar-refractivity contribution in [1.29, 1.82) is 0 Å². The number of hydrogen-bond acceptors (Lipinski definition) is 7. The Morgan fingerprint density at radius 2 is 1.92 bits per heavy atom. The molecule has 0 unspecified atom stereocenters. The smallest absolute Gasteiger partial charge is 0.274 e. The zero-order valence-corrected chi connectivity index (χ0v) is 21.6. The Kier molecular flexibility index (Phi) is 7.82. The summed E-state index contributed by atoms with van der Waals surface area (Å²) in [5.74, 6) is -0.0391. The number of aryl methyl sites for hydroxylation is 1. The molecule has 0 bridgehead atoms. The van der Waals surface area contributed by atoms with Crippen molar-refractivity contribution in [3.05, 3.63) is 47.0 Å². The summed E-state index contributed by atoms with van der Waals surface area (Å²) in [7, 11) is -0.179. The predicted octanol–water partition coefficient (Wildman–Crippen LogP) is 2.00. The molecule has 4 rings (SSSR count). The number of nitrogens with one attached hydrogen (secondary N) is 2. The molecule has 194 valence electrons. The normalized spacial score (nSPS) is 14.9. The molecule has 1 aliphatic rings. The Bertz CT molecular complexity index is 1400. The monoisotopic (exact) mass is 516 g/mol. The second-order valence-electron chi connectivity index (χ2n) is 9.05. The number of carbonyl (C=O) groups excluding carboxylic acids is 1. The maximum absolute atomic E-state index is 12.6. The highest BCUT2D eigenvalue weighted by atomic mass is 32.2. The summed E-state index contributed by atoms with van der Waals surface area (Å²) in [5, 5.41) is 4.28. The molecule has 2 N–H and O–H groups in total. The molecule has 0 saturated carbocycles. The number of ether oxygens (including phenoxy) is 2. The van der Waals surface area contributed by atoms with Crippen LogP contribution in [0.15, 0.2) is 46.3 Å². The molecule has 0 aliphatic carbocycles. The van der Waals surface area contributed by atoms with Crippen molar-refractivity contribution in [2.24, 2.45) is 7.05 Å². The summed E-state index contributed by atoms with van der Waals surface area (Å²) in [6, 6.07) is 6.94. The largest absolute Gasteiger partial charge is 0.382 e. The van der Waals surface area contributed by atoms with E-state index in [0.717, 1.165) is 29.5 Å². The molecule has 0 radical (unpaired) electrons. The first kappa shape index (κ1) is 25.9. The van der Waals surface area contributed by atoms with E-state index < -0.39 is 9.84 Å². The summed E-state index contributed by atoms with van der Waals surface area (Å²) in [5.41, 5.74) is 2.53. The average molecular weight is 517 g/mol. The zero-order chi connectivity index (χ0) is 25.9. The number of H-pyrrole nitrogens is 1. The van der Waals surface area contributed by atoms with Crippen LogP contribution in [0.25, 0.3) is 22.0 Å². The highest BCUT2D eigenvalue weighted by Gasteiger charge is 2.24. The Morgan fingerprint density at radius 3 is 2.61 bits per heavy atom. The minimum atomic E-state index is -3.44. The van der Waals surface area contributed by atoms with E-state index in [2.05, 4.69) is 10.3 Å². The van der Waals surface area contributed by atoms with Gasteiger partial charge in [-0.1, -0.05) is 0 Å². The topological polar surface area (TPSA) is 123 Å². The number of aromatic nitrogens is 2. The highest BCUT2D eigenvalue weighted by Crippen LogP contribution is 2.35. The Hall–Kier alpha value is -3.15. The SMILES string of the molecule is COCCOCC(=O)N1CCC(Nc2ccc(S(C)(=O)=O)cc2-c2cn(C)c(=O)c3[nH]ccc23)CC1. The molecule has 0 atom stereocenters. The third kappa shape index (κ3) is 5.63. The van der Waals surface area contributed by atoms with Crippen molar-refractivity contribution < 1.29 is 22.7 Å². The molecule has 3 aromatic rings. The number of anilines is 1. The average Bonchev–Trinajstić information content (AvgIpc) is 3.34. The van der Waals surface area contributed by atoms with Gasteiger partial charge in [-0.25, -0.2) is 8.42 Å². The van der Waals surface area contributed by atoms with Gasteiger partial charge in [0.2, 0.25) is 5.91 Å². The Balaban J connectivity index is 1.57. The van der Waals surface area contributed by atoms with Crippen molar-refractivity contribution >= 4 is 32.3 Å². The quantitative estimate of drug-likeness (QED) is 0.417. The number of benzene rings is 1. The number of fused-ring (bicyclic) bond motifs is 1. The lowest BCUT2D eigenvalue weighted by molar-refractivity contribution is -0.137. The molecule has 36 heavy (non-hydrogen) atoms. The van der Waals surface area contributed by atoms with E-state index in [1.54, 1.807) is 49.7 Å². The fraction of sp³-hybridized carbons (Fsp3) is 0.440. The van der Waals surface area contributed by atoms with Crippen LogP contribution in [0, 0.1) is 0 Å². The number of carbonyl (C=O) groups is 1. The van der Waals surface area contributed by atoms with Crippen LogP contribution in [0.1, 0.15) is 12.8 Å². The molecule has 1 aromatic carbocycles. The van der Waals surface area contributed by atoms with Crippen LogP contribution in [-0.4, -0.2) is 81.1 Å².